The first kappa shape index (κ1) is 15.3. The fourth-order valence-electron chi connectivity index (χ4n) is 2.01. The van der Waals surface area contributed by atoms with Crippen LogP contribution >= 0.6 is 11.6 Å². The summed E-state index contributed by atoms with van der Waals surface area (Å²) >= 11 is 5.82. The maximum Gasteiger partial charge on any atom is 0.254 e. The molecule has 0 aliphatic rings. The molecule has 3 nitrogen and oxygen atoms in total. The van der Waals surface area contributed by atoms with Gasteiger partial charge >= 0.3 is 0 Å². The van der Waals surface area contributed by atoms with E-state index >= 15 is 0 Å². The van der Waals surface area contributed by atoms with E-state index in [0.717, 1.165) is 5.56 Å². The van der Waals surface area contributed by atoms with E-state index in [-0.39, 0.29) is 22.5 Å². The van der Waals surface area contributed by atoms with E-state index in [2.05, 4.69) is 0 Å². The third-order valence-corrected chi connectivity index (χ3v) is 3.43. The van der Waals surface area contributed by atoms with Gasteiger partial charge in [0, 0.05) is 18.7 Å². The van der Waals surface area contributed by atoms with Gasteiger partial charge in [0.2, 0.25) is 0 Å². The molecule has 0 atom stereocenters. The lowest BCUT2D eigenvalue weighted by Gasteiger charge is -2.21. The number of carbonyl (C=O) groups is 1. The monoisotopic (exact) mass is 307 g/mol. The summed E-state index contributed by atoms with van der Waals surface area (Å²) in [6.07, 6.45) is 0. The van der Waals surface area contributed by atoms with E-state index < -0.39 is 0 Å². The number of benzene rings is 2. The Labute approximate surface area is 127 Å². The van der Waals surface area contributed by atoms with Crippen molar-refractivity contribution in [1.29, 1.82) is 0 Å². The van der Waals surface area contributed by atoms with Gasteiger partial charge < -0.3 is 10.0 Å². The van der Waals surface area contributed by atoms with Crippen LogP contribution < -0.4 is 0 Å². The van der Waals surface area contributed by atoms with Crippen LogP contribution in [0.25, 0.3) is 0 Å². The minimum atomic E-state index is -0.330. The molecule has 21 heavy (non-hydrogen) atoms. The van der Waals surface area contributed by atoms with E-state index in [4.69, 9.17) is 11.6 Å². The van der Waals surface area contributed by atoms with Crippen LogP contribution in [0.4, 0.5) is 4.39 Å². The fourth-order valence-corrected chi connectivity index (χ4v) is 2.19. The smallest absolute Gasteiger partial charge is 0.254 e. The number of phenolic OH excluding ortho intramolecular Hbond substituents is 1. The molecular formula is C16H15ClFNO2. The van der Waals surface area contributed by atoms with Crippen LogP contribution in [0.1, 0.15) is 22.8 Å². The van der Waals surface area contributed by atoms with Crippen LogP contribution in [0, 0.1) is 5.82 Å². The summed E-state index contributed by atoms with van der Waals surface area (Å²) in [7, 11) is 0. The standard InChI is InChI=1S/C16H15ClFNO2/c1-2-19(10-11-4-3-5-13(18)8-11)16(21)12-6-7-15(20)14(17)9-12/h3-9,20H,2,10H2,1H3. The maximum atomic E-state index is 13.2. The molecule has 2 aromatic carbocycles. The molecule has 0 radical (unpaired) electrons. The van der Waals surface area contributed by atoms with E-state index in [9.17, 15) is 14.3 Å². The van der Waals surface area contributed by atoms with E-state index in [0.29, 0.717) is 18.7 Å². The highest BCUT2D eigenvalue weighted by molar-refractivity contribution is 6.32. The molecular weight excluding hydrogens is 293 g/mol. The molecule has 0 aliphatic carbocycles. The van der Waals surface area contributed by atoms with Gasteiger partial charge in [0.25, 0.3) is 5.91 Å². The number of phenols is 1. The van der Waals surface area contributed by atoms with Gasteiger partial charge in [-0.15, -0.1) is 0 Å². The molecule has 0 fully saturated rings. The van der Waals surface area contributed by atoms with E-state index in [1.54, 1.807) is 17.0 Å². The highest BCUT2D eigenvalue weighted by atomic mass is 35.5. The molecule has 0 unspecified atom stereocenters. The number of halogens is 2. The molecule has 5 heteroatoms. The molecule has 0 spiro atoms. The molecule has 0 saturated heterocycles. The van der Waals surface area contributed by atoms with Crippen molar-refractivity contribution in [2.75, 3.05) is 6.54 Å². The van der Waals surface area contributed by atoms with Crippen LogP contribution in [0.5, 0.6) is 5.75 Å². The maximum absolute atomic E-state index is 13.2. The van der Waals surface area contributed by atoms with Gasteiger partial charge in [-0.25, -0.2) is 4.39 Å². The quantitative estimate of drug-likeness (QED) is 0.932. The Kier molecular flexibility index (Phi) is 4.81. The number of hydrogen-bond donors (Lipinski definition) is 1. The Hall–Kier alpha value is -2.07. The first-order valence-corrected chi connectivity index (χ1v) is 6.91. The number of nitrogens with zero attached hydrogens (tertiary/aromatic N) is 1. The zero-order valence-electron chi connectivity index (χ0n) is 11.5. The molecule has 110 valence electrons. The summed E-state index contributed by atoms with van der Waals surface area (Å²) in [4.78, 5) is 14.0. The Bertz CT molecular complexity index is 660. The Morgan fingerprint density at radius 1 is 1.29 bits per heavy atom. The number of hydrogen-bond acceptors (Lipinski definition) is 2. The van der Waals surface area contributed by atoms with Crippen molar-refractivity contribution in [3.05, 3.63) is 64.4 Å². The van der Waals surface area contributed by atoms with Crippen molar-refractivity contribution in [2.24, 2.45) is 0 Å². The van der Waals surface area contributed by atoms with Gasteiger partial charge in [-0.2, -0.15) is 0 Å². The third-order valence-electron chi connectivity index (χ3n) is 3.13. The molecule has 0 aromatic heterocycles. The Balaban J connectivity index is 2.20. The first-order valence-electron chi connectivity index (χ1n) is 6.53. The second-order valence-electron chi connectivity index (χ2n) is 4.62. The lowest BCUT2D eigenvalue weighted by Crippen LogP contribution is -2.30. The molecule has 2 aromatic rings. The van der Waals surface area contributed by atoms with Crippen LogP contribution in [0.15, 0.2) is 42.5 Å². The summed E-state index contributed by atoms with van der Waals surface area (Å²) in [5.74, 6) is -0.617. The first-order chi connectivity index (χ1) is 10.0. The Morgan fingerprint density at radius 2 is 2.05 bits per heavy atom. The minimum absolute atomic E-state index is 0.0682. The predicted molar refractivity (Wildman–Crippen MR) is 79.9 cm³/mol. The van der Waals surface area contributed by atoms with Crippen molar-refractivity contribution in [3.63, 3.8) is 0 Å². The summed E-state index contributed by atoms with van der Waals surface area (Å²) in [6, 6.07) is 10.5. The summed E-state index contributed by atoms with van der Waals surface area (Å²) in [5, 5.41) is 9.52. The normalized spacial score (nSPS) is 10.4. The average Bonchev–Trinajstić information content (AvgIpc) is 2.47. The van der Waals surface area contributed by atoms with E-state index in [1.165, 1.54) is 30.3 Å². The summed E-state index contributed by atoms with van der Waals surface area (Å²) in [5.41, 5.74) is 1.10. The second-order valence-corrected chi connectivity index (χ2v) is 5.02. The highest BCUT2D eigenvalue weighted by Gasteiger charge is 2.16. The number of carbonyl (C=O) groups excluding carboxylic acids is 1. The predicted octanol–water partition coefficient (Wildman–Crippen LogP) is 3.85. The summed E-state index contributed by atoms with van der Waals surface area (Å²) < 4.78 is 13.2. The van der Waals surface area contributed by atoms with Crippen molar-refractivity contribution in [1.82, 2.24) is 4.90 Å². The highest BCUT2D eigenvalue weighted by Crippen LogP contribution is 2.24. The SMILES string of the molecule is CCN(Cc1cccc(F)c1)C(=O)c1ccc(O)c(Cl)c1. The van der Waals surface area contributed by atoms with Crippen molar-refractivity contribution in [2.45, 2.75) is 13.5 Å². The summed E-state index contributed by atoms with van der Waals surface area (Å²) in [6.45, 7) is 2.64. The van der Waals surface area contributed by atoms with Gasteiger partial charge in [0.15, 0.2) is 0 Å². The molecule has 0 saturated carbocycles. The molecule has 0 bridgehead atoms. The van der Waals surface area contributed by atoms with Crippen LogP contribution in [-0.2, 0) is 6.54 Å². The van der Waals surface area contributed by atoms with Crippen molar-refractivity contribution < 1.29 is 14.3 Å². The lowest BCUT2D eigenvalue weighted by molar-refractivity contribution is 0.0752. The van der Waals surface area contributed by atoms with Crippen LogP contribution in [0.2, 0.25) is 5.02 Å². The topological polar surface area (TPSA) is 40.5 Å². The van der Waals surface area contributed by atoms with Crippen LogP contribution in [0.3, 0.4) is 0 Å². The van der Waals surface area contributed by atoms with Crippen molar-refractivity contribution in [3.8, 4) is 5.75 Å². The Morgan fingerprint density at radius 3 is 2.67 bits per heavy atom. The molecule has 0 aliphatic heterocycles. The molecule has 2 rings (SSSR count). The molecule has 0 heterocycles. The number of amides is 1. The van der Waals surface area contributed by atoms with Gasteiger partial charge in [0.05, 0.1) is 5.02 Å². The van der Waals surface area contributed by atoms with Gasteiger partial charge in [-0.1, -0.05) is 23.7 Å². The largest absolute Gasteiger partial charge is 0.506 e. The second kappa shape index (κ2) is 6.59. The zero-order valence-corrected chi connectivity index (χ0v) is 12.3. The molecule has 1 N–H and O–H groups in total. The minimum Gasteiger partial charge on any atom is -0.506 e. The van der Waals surface area contributed by atoms with Crippen LogP contribution in [-0.4, -0.2) is 22.5 Å². The van der Waals surface area contributed by atoms with Crippen molar-refractivity contribution >= 4 is 17.5 Å². The fraction of sp³-hybridized carbons (Fsp3) is 0.188. The van der Waals surface area contributed by atoms with Gasteiger partial charge in [-0.05, 0) is 42.8 Å². The average molecular weight is 308 g/mol. The number of aromatic hydroxyl groups is 1. The van der Waals surface area contributed by atoms with E-state index in [1.807, 2.05) is 6.92 Å². The lowest BCUT2D eigenvalue weighted by atomic mass is 10.1. The van der Waals surface area contributed by atoms with Gasteiger partial charge in [0.1, 0.15) is 11.6 Å². The van der Waals surface area contributed by atoms with Gasteiger partial charge in [-0.3, -0.25) is 4.79 Å². The number of rotatable bonds is 4. The molecule has 1 amide bonds. The third kappa shape index (κ3) is 3.73. The zero-order chi connectivity index (χ0) is 15.4.